The lowest BCUT2D eigenvalue weighted by Crippen LogP contribution is -2.41. The fraction of sp³-hybridized carbons (Fsp3) is 0.538. The number of benzene rings is 1. The van der Waals surface area contributed by atoms with Crippen LogP contribution in [0.5, 0.6) is 5.75 Å². The summed E-state index contributed by atoms with van der Waals surface area (Å²) in [5, 5.41) is 0. The molecule has 1 aromatic rings. The van der Waals surface area contributed by atoms with Crippen molar-refractivity contribution in [1.29, 1.82) is 0 Å². The van der Waals surface area contributed by atoms with Gasteiger partial charge in [0.15, 0.2) is 0 Å². The van der Waals surface area contributed by atoms with E-state index < -0.39 is 12.1 Å². The molecule has 0 spiro atoms. The summed E-state index contributed by atoms with van der Waals surface area (Å²) in [6.07, 6.45) is -3.45. The fourth-order valence-corrected chi connectivity index (χ4v) is 3.05. The molecule has 1 aliphatic rings. The summed E-state index contributed by atoms with van der Waals surface area (Å²) >= 11 is 3.36. The van der Waals surface area contributed by atoms with E-state index in [-0.39, 0.29) is 13.0 Å². The second kappa shape index (κ2) is 5.71. The van der Waals surface area contributed by atoms with Crippen LogP contribution in [0.25, 0.3) is 0 Å². The first-order valence-electron chi connectivity index (χ1n) is 6.27. The highest BCUT2D eigenvalue weighted by molar-refractivity contribution is 9.10. The molecule has 0 radical (unpaired) electrons. The highest BCUT2D eigenvalue weighted by atomic mass is 79.9. The van der Waals surface area contributed by atoms with Gasteiger partial charge in [-0.2, -0.15) is 13.2 Å². The van der Waals surface area contributed by atoms with Gasteiger partial charge in [0.25, 0.3) is 0 Å². The van der Waals surface area contributed by atoms with Gasteiger partial charge in [-0.1, -0.05) is 0 Å². The van der Waals surface area contributed by atoms with Crippen molar-refractivity contribution in [2.75, 3.05) is 30.8 Å². The molecule has 0 bridgehead atoms. The van der Waals surface area contributed by atoms with E-state index >= 15 is 0 Å². The van der Waals surface area contributed by atoms with Crippen LogP contribution in [-0.4, -0.2) is 26.4 Å². The van der Waals surface area contributed by atoms with Crippen LogP contribution >= 0.6 is 15.9 Å². The van der Waals surface area contributed by atoms with Gasteiger partial charge in [-0.05, 0) is 34.8 Å². The van der Waals surface area contributed by atoms with Crippen molar-refractivity contribution in [3.05, 3.63) is 16.6 Å². The minimum atomic E-state index is -4.15. The number of nitrogens with zero attached hydrogens (tertiary/aromatic N) is 1. The lowest BCUT2D eigenvalue weighted by molar-refractivity contribution is -0.175. The molecule has 7 heteroatoms. The van der Waals surface area contributed by atoms with Crippen molar-refractivity contribution in [2.24, 2.45) is 5.92 Å². The minimum Gasteiger partial charge on any atom is -0.495 e. The zero-order chi connectivity index (χ0) is 14.9. The van der Waals surface area contributed by atoms with Crippen molar-refractivity contribution in [3.63, 3.8) is 0 Å². The lowest BCUT2D eigenvalue weighted by Gasteiger charge is -2.36. The van der Waals surface area contributed by atoms with E-state index in [2.05, 4.69) is 15.9 Å². The zero-order valence-corrected chi connectivity index (χ0v) is 12.6. The first kappa shape index (κ1) is 15.3. The second-order valence-electron chi connectivity index (χ2n) is 4.87. The molecule has 1 saturated heterocycles. The van der Waals surface area contributed by atoms with E-state index in [0.717, 1.165) is 0 Å². The third-order valence-corrected chi connectivity index (χ3v) is 4.16. The summed E-state index contributed by atoms with van der Waals surface area (Å²) in [6.45, 7) is 0.563. The van der Waals surface area contributed by atoms with Crippen LogP contribution in [0.3, 0.4) is 0 Å². The number of methoxy groups -OCH3 is 1. The van der Waals surface area contributed by atoms with Crippen molar-refractivity contribution in [1.82, 2.24) is 0 Å². The van der Waals surface area contributed by atoms with E-state index in [9.17, 15) is 13.2 Å². The van der Waals surface area contributed by atoms with Crippen molar-refractivity contribution < 1.29 is 17.9 Å². The first-order chi connectivity index (χ1) is 9.32. The third-order valence-electron chi connectivity index (χ3n) is 3.52. The number of hydrogen-bond donors (Lipinski definition) is 1. The molecule has 0 saturated carbocycles. The van der Waals surface area contributed by atoms with Crippen LogP contribution in [0.15, 0.2) is 16.6 Å². The highest BCUT2D eigenvalue weighted by Gasteiger charge is 2.42. The van der Waals surface area contributed by atoms with E-state index in [4.69, 9.17) is 10.5 Å². The van der Waals surface area contributed by atoms with Gasteiger partial charge in [0.2, 0.25) is 0 Å². The Hall–Kier alpha value is -1.11. The van der Waals surface area contributed by atoms with Gasteiger partial charge >= 0.3 is 6.18 Å². The molecule has 0 aliphatic carbocycles. The van der Waals surface area contributed by atoms with Gasteiger partial charge in [0, 0.05) is 23.6 Å². The van der Waals surface area contributed by atoms with Crippen LogP contribution in [0, 0.1) is 5.92 Å². The monoisotopic (exact) mass is 352 g/mol. The molecule has 0 aromatic heterocycles. The maximum Gasteiger partial charge on any atom is 0.393 e. The predicted octanol–water partition coefficient (Wildman–Crippen LogP) is 3.82. The molecule has 1 aromatic carbocycles. The molecule has 1 fully saturated rings. The van der Waals surface area contributed by atoms with Gasteiger partial charge in [-0.15, -0.1) is 0 Å². The number of piperidine rings is 1. The smallest absolute Gasteiger partial charge is 0.393 e. The molecule has 112 valence electrons. The number of hydrogen-bond acceptors (Lipinski definition) is 3. The van der Waals surface area contributed by atoms with E-state index in [1.54, 1.807) is 17.0 Å². The first-order valence-corrected chi connectivity index (χ1v) is 7.07. The average molecular weight is 353 g/mol. The number of ether oxygens (including phenoxy) is 1. The van der Waals surface area contributed by atoms with Crippen LogP contribution in [0.1, 0.15) is 12.8 Å². The molecule has 1 unspecified atom stereocenters. The minimum absolute atomic E-state index is 0.0326. The maximum atomic E-state index is 12.9. The van der Waals surface area contributed by atoms with Crippen molar-refractivity contribution in [3.8, 4) is 5.75 Å². The molecule has 2 N–H and O–H groups in total. The SMILES string of the molecule is COc1cc(N2CCCC(C(F)(F)F)C2)c(Br)cc1N. The summed E-state index contributed by atoms with van der Waals surface area (Å²) in [5.41, 5.74) is 6.91. The topological polar surface area (TPSA) is 38.5 Å². The molecular weight excluding hydrogens is 337 g/mol. The maximum absolute atomic E-state index is 12.9. The quantitative estimate of drug-likeness (QED) is 0.822. The van der Waals surface area contributed by atoms with Gasteiger partial charge in [-0.25, -0.2) is 0 Å². The van der Waals surface area contributed by atoms with E-state index in [1.165, 1.54) is 7.11 Å². The van der Waals surface area contributed by atoms with Gasteiger partial charge in [0.1, 0.15) is 5.75 Å². The van der Waals surface area contributed by atoms with Crippen LogP contribution in [0.4, 0.5) is 24.5 Å². The number of anilines is 2. The second-order valence-corrected chi connectivity index (χ2v) is 5.73. The van der Waals surface area contributed by atoms with Gasteiger partial charge in [0.05, 0.1) is 24.4 Å². The lowest BCUT2D eigenvalue weighted by atomic mass is 9.97. The molecule has 0 amide bonds. The van der Waals surface area contributed by atoms with Crippen LogP contribution in [-0.2, 0) is 0 Å². The molecule has 1 heterocycles. The standard InChI is InChI=1S/C13H16BrF3N2O/c1-20-12-6-11(9(14)5-10(12)18)19-4-2-3-8(7-19)13(15,16)17/h5-6,8H,2-4,7,18H2,1H3. The molecule has 20 heavy (non-hydrogen) atoms. The Morgan fingerprint density at radius 2 is 2.10 bits per heavy atom. The summed E-state index contributed by atoms with van der Waals surface area (Å²) < 4.78 is 44.4. The van der Waals surface area contributed by atoms with Gasteiger partial charge in [-0.3, -0.25) is 0 Å². The van der Waals surface area contributed by atoms with Crippen LogP contribution < -0.4 is 15.4 Å². The van der Waals surface area contributed by atoms with Gasteiger partial charge < -0.3 is 15.4 Å². The molecule has 2 rings (SSSR count). The summed E-state index contributed by atoms with van der Waals surface area (Å²) in [4.78, 5) is 1.73. The molecular formula is C13H16BrF3N2O. The Labute approximate surface area is 124 Å². The zero-order valence-electron chi connectivity index (χ0n) is 11.0. The third kappa shape index (κ3) is 3.13. The normalized spacial score (nSPS) is 20.1. The van der Waals surface area contributed by atoms with Crippen LogP contribution in [0.2, 0.25) is 0 Å². The fourth-order valence-electron chi connectivity index (χ4n) is 2.44. The number of nitrogen functional groups attached to an aromatic ring is 1. The van der Waals surface area contributed by atoms with E-state index in [1.807, 2.05) is 0 Å². The Kier molecular flexibility index (Phi) is 4.36. The number of alkyl halides is 3. The predicted molar refractivity (Wildman–Crippen MR) is 76.1 cm³/mol. The highest BCUT2D eigenvalue weighted by Crippen LogP contribution is 2.39. The Balaban J connectivity index is 2.27. The number of halogens is 4. The van der Waals surface area contributed by atoms with Crippen molar-refractivity contribution >= 4 is 27.3 Å². The number of nitrogens with two attached hydrogens (primary N) is 1. The molecule has 3 nitrogen and oxygen atoms in total. The van der Waals surface area contributed by atoms with Crippen molar-refractivity contribution in [2.45, 2.75) is 19.0 Å². The largest absolute Gasteiger partial charge is 0.495 e. The number of rotatable bonds is 2. The molecule has 1 atom stereocenters. The summed E-state index contributed by atoms with van der Waals surface area (Å²) in [7, 11) is 1.48. The Morgan fingerprint density at radius 3 is 2.70 bits per heavy atom. The Morgan fingerprint density at radius 1 is 1.40 bits per heavy atom. The van der Waals surface area contributed by atoms with E-state index in [0.29, 0.717) is 34.6 Å². The summed E-state index contributed by atoms with van der Waals surface area (Å²) in [5.74, 6) is -0.816. The summed E-state index contributed by atoms with van der Waals surface area (Å²) in [6, 6.07) is 3.34. The average Bonchev–Trinajstić information content (AvgIpc) is 2.38. The molecule has 1 aliphatic heterocycles. The Bertz CT molecular complexity index is 493.